The van der Waals surface area contributed by atoms with Gasteiger partial charge in [-0.3, -0.25) is 4.79 Å². The minimum atomic E-state index is 0.0634. The molecule has 4 nitrogen and oxygen atoms in total. The first-order chi connectivity index (χ1) is 6.75. The number of nitrogens with zero attached hydrogens (tertiary/aromatic N) is 2. The number of hydrogen-bond donors (Lipinski definition) is 1. The lowest BCUT2D eigenvalue weighted by Crippen LogP contribution is -2.02. The molecule has 1 aromatic rings. The molecule has 4 heteroatoms. The Balaban J connectivity index is 2.40. The molecule has 0 saturated heterocycles. The maximum atomic E-state index is 11.1. The minimum Gasteiger partial charge on any atom is -0.384 e. The maximum absolute atomic E-state index is 11.1. The van der Waals surface area contributed by atoms with E-state index in [1.807, 2.05) is 6.08 Å². The number of rotatable bonds is 1. The Morgan fingerprint density at radius 2 is 2.29 bits per heavy atom. The zero-order valence-electron chi connectivity index (χ0n) is 7.47. The Morgan fingerprint density at radius 1 is 1.43 bits per heavy atom. The molecule has 0 unspecified atom stereocenters. The average Bonchev–Trinajstić information content (AvgIpc) is 2.18. The minimum absolute atomic E-state index is 0.0634. The van der Waals surface area contributed by atoms with Gasteiger partial charge in [0.2, 0.25) is 0 Å². The van der Waals surface area contributed by atoms with E-state index < -0.39 is 0 Å². The second-order valence-corrected chi connectivity index (χ2v) is 2.98. The number of aromatic nitrogens is 2. The zero-order valence-corrected chi connectivity index (χ0v) is 7.47. The molecule has 0 spiro atoms. The summed E-state index contributed by atoms with van der Waals surface area (Å²) in [7, 11) is 0. The molecule has 0 atom stereocenters. The first kappa shape index (κ1) is 8.62. The summed E-state index contributed by atoms with van der Waals surface area (Å²) >= 11 is 0. The third kappa shape index (κ3) is 1.69. The summed E-state index contributed by atoms with van der Waals surface area (Å²) in [6.07, 6.45) is 7.19. The molecule has 0 bridgehead atoms. The fourth-order valence-corrected chi connectivity index (χ4v) is 1.23. The molecule has 70 valence electrons. The number of nitrogens with two attached hydrogens (primary N) is 1. The van der Waals surface area contributed by atoms with E-state index in [4.69, 9.17) is 5.73 Å². The molecule has 0 aliphatic heterocycles. The normalized spacial score (nSPS) is 15.4. The van der Waals surface area contributed by atoms with Crippen molar-refractivity contribution in [2.24, 2.45) is 0 Å². The number of carbonyl (C=O) groups is 1. The van der Waals surface area contributed by atoms with Gasteiger partial charge in [0.1, 0.15) is 5.82 Å². The van der Waals surface area contributed by atoms with Crippen molar-refractivity contribution in [2.45, 2.75) is 6.42 Å². The third-order valence-electron chi connectivity index (χ3n) is 1.87. The molecule has 0 saturated carbocycles. The summed E-state index contributed by atoms with van der Waals surface area (Å²) in [5.74, 6) is 0.963. The fraction of sp³-hybridized carbons (Fsp3) is 0.100. The molecule has 14 heavy (non-hydrogen) atoms. The highest BCUT2D eigenvalue weighted by molar-refractivity contribution is 6.01. The Hall–Kier alpha value is -1.97. The van der Waals surface area contributed by atoms with Crippen molar-refractivity contribution in [3.8, 4) is 0 Å². The van der Waals surface area contributed by atoms with Crippen LogP contribution in [0.1, 0.15) is 12.2 Å². The number of allylic oxidation sites excluding steroid dienone is 4. The summed E-state index contributed by atoms with van der Waals surface area (Å²) in [5, 5.41) is 0. The van der Waals surface area contributed by atoms with E-state index >= 15 is 0 Å². The van der Waals surface area contributed by atoms with Crippen molar-refractivity contribution in [2.75, 3.05) is 5.73 Å². The summed E-state index contributed by atoms with van der Waals surface area (Å²) in [4.78, 5) is 19.2. The van der Waals surface area contributed by atoms with Crippen LogP contribution in [0.15, 0.2) is 30.5 Å². The van der Waals surface area contributed by atoms with Gasteiger partial charge in [0.15, 0.2) is 11.6 Å². The van der Waals surface area contributed by atoms with Gasteiger partial charge >= 0.3 is 0 Å². The molecule has 0 fully saturated rings. The highest BCUT2D eigenvalue weighted by Gasteiger charge is 2.08. The Kier molecular flexibility index (Phi) is 2.10. The van der Waals surface area contributed by atoms with E-state index in [9.17, 15) is 4.79 Å². The van der Waals surface area contributed by atoms with Gasteiger partial charge < -0.3 is 5.73 Å². The first-order valence-electron chi connectivity index (χ1n) is 4.25. The van der Waals surface area contributed by atoms with Gasteiger partial charge in [-0.05, 0) is 12.1 Å². The van der Waals surface area contributed by atoms with Crippen LogP contribution in [0.5, 0.6) is 0 Å². The lowest BCUT2D eigenvalue weighted by atomic mass is 10.1. The van der Waals surface area contributed by atoms with Crippen LogP contribution in [0.2, 0.25) is 0 Å². The largest absolute Gasteiger partial charge is 0.384 e. The summed E-state index contributed by atoms with van der Waals surface area (Å²) in [6, 6.07) is 1.61. The smallest absolute Gasteiger partial charge is 0.161 e. The van der Waals surface area contributed by atoms with Gasteiger partial charge in [0.25, 0.3) is 0 Å². The number of hydrogen-bond acceptors (Lipinski definition) is 4. The quantitative estimate of drug-likeness (QED) is 0.711. The van der Waals surface area contributed by atoms with Crippen molar-refractivity contribution in [3.05, 3.63) is 36.3 Å². The summed E-state index contributed by atoms with van der Waals surface area (Å²) in [5.41, 5.74) is 6.23. The number of ketones is 1. The van der Waals surface area contributed by atoms with Crippen molar-refractivity contribution in [1.82, 2.24) is 9.97 Å². The molecule has 2 rings (SSSR count). The Morgan fingerprint density at radius 3 is 3.00 bits per heavy atom. The van der Waals surface area contributed by atoms with Crippen molar-refractivity contribution in [1.29, 1.82) is 0 Å². The lowest BCUT2D eigenvalue weighted by Gasteiger charge is -2.04. The first-order valence-corrected chi connectivity index (χ1v) is 4.25. The van der Waals surface area contributed by atoms with Gasteiger partial charge in [-0.25, -0.2) is 9.97 Å². The number of carbonyl (C=O) groups excluding carboxylic acids is 1. The summed E-state index contributed by atoms with van der Waals surface area (Å²) < 4.78 is 0. The van der Waals surface area contributed by atoms with Crippen LogP contribution in [-0.2, 0) is 4.79 Å². The standard InChI is InChI=1S/C10H9N3O/c11-9-4-5-12-10(13-9)7-2-1-3-8(14)6-7/h1-2,4-6H,3H2,(H2,11,12,13). The zero-order chi connectivity index (χ0) is 9.97. The van der Waals surface area contributed by atoms with Crippen molar-refractivity contribution >= 4 is 17.2 Å². The predicted octanol–water partition coefficient (Wildman–Crippen LogP) is 0.971. The number of nitrogen functional groups attached to an aromatic ring is 1. The molecular weight excluding hydrogens is 178 g/mol. The fourth-order valence-electron chi connectivity index (χ4n) is 1.23. The maximum Gasteiger partial charge on any atom is 0.161 e. The average molecular weight is 187 g/mol. The molecule has 0 radical (unpaired) electrons. The molecule has 1 aliphatic carbocycles. The molecule has 0 aromatic carbocycles. The van der Waals surface area contributed by atoms with Gasteiger partial charge in [-0.15, -0.1) is 0 Å². The van der Waals surface area contributed by atoms with Gasteiger partial charge in [-0.1, -0.05) is 12.2 Å². The van der Waals surface area contributed by atoms with Gasteiger partial charge in [-0.2, -0.15) is 0 Å². The van der Waals surface area contributed by atoms with Crippen LogP contribution in [0.25, 0.3) is 5.57 Å². The second-order valence-electron chi connectivity index (χ2n) is 2.98. The van der Waals surface area contributed by atoms with Crippen LogP contribution >= 0.6 is 0 Å². The van der Waals surface area contributed by atoms with Crippen molar-refractivity contribution < 1.29 is 4.79 Å². The Labute approximate surface area is 81.2 Å². The predicted molar refractivity (Wildman–Crippen MR) is 53.2 cm³/mol. The molecule has 1 aromatic heterocycles. The lowest BCUT2D eigenvalue weighted by molar-refractivity contribution is -0.113. The highest BCUT2D eigenvalue weighted by Crippen LogP contribution is 2.16. The van der Waals surface area contributed by atoms with Crippen LogP contribution in [0.3, 0.4) is 0 Å². The van der Waals surface area contributed by atoms with E-state index in [2.05, 4.69) is 9.97 Å². The van der Waals surface area contributed by atoms with E-state index in [0.29, 0.717) is 23.6 Å². The van der Waals surface area contributed by atoms with Gasteiger partial charge in [0.05, 0.1) is 0 Å². The molecule has 2 N–H and O–H groups in total. The second kappa shape index (κ2) is 3.41. The summed E-state index contributed by atoms with van der Waals surface area (Å²) in [6.45, 7) is 0. The van der Waals surface area contributed by atoms with E-state index in [1.165, 1.54) is 6.08 Å². The molecule has 1 aliphatic rings. The van der Waals surface area contributed by atoms with E-state index in [-0.39, 0.29) is 5.78 Å². The van der Waals surface area contributed by atoms with Crippen LogP contribution in [0.4, 0.5) is 5.82 Å². The molecule has 0 amide bonds. The Bertz CT molecular complexity index is 435. The van der Waals surface area contributed by atoms with E-state index in [0.717, 1.165) is 0 Å². The third-order valence-corrected chi connectivity index (χ3v) is 1.87. The molecular formula is C10H9N3O. The molecule has 1 heterocycles. The topological polar surface area (TPSA) is 68.9 Å². The monoisotopic (exact) mass is 187 g/mol. The number of anilines is 1. The van der Waals surface area contributed by atoms with Crippen molar-refractivity contribution in [3.63, 3.8) is 0 Å². The van der Waals surface area contributed by atoms with Crippen LogP contribution < -0.4 is 5.73 Å². The SMILES string of the molecule is Nc1ccnc(C2=CC(=O)CC=C2)n1. The van der Waals surface area contributed by atoms with Crippen LogP contribution in [0, 0.1) is 0 Å². The highest BCUT2D eigenvalue weighted by atomic mass is 16.1. The van der Waals surface area contributed by atoms with Gasteiger partial charge in [0, 0.05) is 18.2 Å². The van der Waals surface area contributed by atoms with Crippen LogP contribution in [-0.4, -0.2) is 15.8 Å². The van der Waals surface area contributed by atoms with E-state index in [1.54, 1.807) is 18.3 Å².